The number of carbonyl (C=O) groups excluding carboxylic acids is 2. The van der Waals surface area contributed by atoms with Crippen molar-refractivity contribution in [1.82, 2.24) is 5.32 Å². The third-order valence-electron chi connectivity index (χ3n) is 4.25. The molecular formula is C20H20Cl2N2O3. The van der Waals surface area contributed by atoms with E-state index in [1.807, 2.05) is 36.4 Å². The van der Waals surface area contributed by atoms with E-state index >= 15 is 0 Å². The lowest BCUT2D eigenvalue weighted by Crippen LogP contribution is -2.38. The second-order valence-corrected chi connectivity index (χ2v) is 7.11. The van der Waals surface area contributed by atoms with Crippen LogP contribution >= 0.6 is 23.2 Å². The molecule has 3 rings (SSSR count). The Labute approximate surface area is 168 Å². The lowest BCUT2D eigenvalue weighted by molar-refractivity contribution is -0.125. The van der Waals surface area contributed by atoms with E-state index in [0.717, 1.165) is 11.3 Å². The quantitative estimate of drug-likeness (QED) is 0.791. The van der Waals surface area contributed by atoms with E-state index in [9.17, 15) is 9.59 Å². The summed E-state index contributed by atoms with van der Waals surface area (Å²) >= 11 is 11.9. The van der Waals surface area contributed by atoms with Gasteiger partial charge in [0.05, 0.1) is 12.2 Å². The van der Waals surface area contributed by atoms with Gasteiger partial charge in [-0.15, -0.1) is 0 Å². The van der Waals surface area contributed by atoms with E-state index in [0.29, 0.717) is 41.9 Å². The predicted octanol–water partition coefficient (Wildman–Crippen LogP) is 3.86. The molecule has 0 bridgehead atoms. The summed E-state index contributed by atoms with van der Waals surface area (Å²) in [7, 11) is 0. The highest BCUT2D eigenvalue weighted by Gasteiger charge is 2.23. The molecule has 0 aliphatic carbocycles. The van der Waals surface area contributed by atoms with Gasteiger partial charge in [-0.3, -0.25) is 9.59 Å². The van der Waals surface area contributed by atoms with E-state index in [1.165, 1.54) is 0 Å². The Kier molecular flexibility index (Phi) is 6.58. The molecule has 0 aromatic heterocycles. The molecule has 0 atom stereocenters. The fourth-order valence-corrected chi connectivity index (χ4v) is 3.55. The molecule has 2 amide bonds. The van der Waals surface area contributed by atoms with Crippen molar-refractivity contribution in [1.29, 1.82) is 0 Å². The number of ether oxygens (including phenoxy) is 1. The molecule has 0 unspecified atom stereocenters. The average molecular weight is 407 g/mol. The Hall–Kier alpha value is -2.24. The van der Waals surface area contributed by atoms with Gasteiger partial charge in [-0.25, -0.2) is 0 Å². The van der Waals surface area contributed by atoms with Gasteiger partial charge in [0.1, 0.15) is 12.4 Å². The largest absolute Gasteiger partial charge is 0.490 e. The number of hydrogen-bond acceptors (Lipinski definition) is 3. The summed E-state index contributed by atoms with van der Waals surface area (Å²) in [6.07, 6.45) is 0.925. The highest BCUT2D eigenvalue weighted by molar-refractivity contribution is 6.34. The summed E-state index contributed by atoms with van der Waals surface area (Å²) in [6, 6.07) is 12.7. The molecular weight excluding hydrogens is 387 g/mol. The zero-order chi connectivity index (χ0) is 19.2. The Bertz CT molecular complexity index is 821. The third-order valence-corrected chi connectivity index (χ3v) is 4.69. The van der Waals surface area contributed by atoms with Gasteiger partial charge in [0.15, 0.2) is 0 Å². The van der Waals surface area contributed by atoms with Crippen LogP contribution in [0.4, 0.5) is 5.69 Å². The Morgan fingerprint density at radius 3 is 2.59 bits per heavy atom. The fourth-order valence-electron chi connectivity index (χ4n) is 2.97. The van der Waals surface area contributed by atoms with Crippen molar-refractivity contribution in [3.05, 3.63) is 58.1 Å². The summed E-state index contributed by atoms with van der Waals surface area (Å²) in [6.45, 7) is 1.41. The summed E-state index contributed by atoms with van der Waals surface area (Å²) in [4.78, 5) is 26.2. The van der Waals surface area contributed by atoms with Crippen LogP contribution in [0.5, 0.6) is 5.75 Å². The van der Waals surface area contributed by atoms with Crippen molar-refractivity contribution in [3.63, 3.8) is 0 Å². The number of nitrogens with one attached hydrogen (secondary N) is 1. The number of amides is 2. The van der Waals surface area contributed by atoms with Gasteiger partial charge in [-0.1, -0.05) is 35.3 Å². The Morgan fingerprint density at radius 1 is 1.07 bits per heavy atom. The smallest absolute Gasteiger partial charge is 0.227 e. The molecule has 7 heteroatoms. The minimum absolute atomic E-state index is 0.0810. The Morgan fingerprint density at radius 2 is 1.81 bits per heavy atom. The maximum Gasteiger partial charge on any atom is 0.227 e. The monoisotopic (exact) mass is 406 g/mol. The Balaban J connectivity index is 1.45. The highest BCUT2D eigenvalue weighted by atomic mass is 35.5. The number of benzene rings is 2. The normalized spacial score (nSPS) is 12.9. The maximum absolute atomic E-state index is 12.5. The maximum atomic E-state index is 12.5. The molecule has 27 heavy (non-hydrogen) atoms. The van der Waals surface area contributed by atoms with Gasteiger partial charge in [0, 0.05) is 29.4 Å². The third kappa shape index (κ3) is 5.37. The molecule has 1 heterocycles. The number of nitrogens with zero attached hydrogens (tertiary/aromatic N) is 1. The molecule has 2 aromatic carbocycles. The van der Waals surface area contributed by atoms with Crippen molar-refractivity contribution >= 4 is 40.7 Å². The van der Waals surface area contributed by atoms with Gasteiger partial charge in [0.2, 0.25) is 11.8 Å². The van der Waals surface area contributed by atoms with E-state index in [4.69, 9.17) is 27.9 Å². The van der Waals surface area contributed by atoms with Crippen molar-refractivity contribution in [2.45, 2.75) is 19.3 Å². The number of fused-ring (bicyclic) bond motifs is 1. The lowest BCUT2D eigenvalue weighted by Gasteiger charge is -2.29. The molecule has 2 aromatic rings. The zero-order valence-electron chi connectivity index (χ0n) is 14.7. The predicted molar refractivity (Wildman–Crippen MR) is 107 cm³/mol. The van der Waals surface area contributed by atoms with Gasteiger partial charge in [-0.2, -0.15) is 0 Å². The number of rotatable bonds is 6. The number of para-hydroxylation sites is 2. The minimum Gasteiger partial charge on any atom is -0.490 e. The highest BCUT2D eigenvalue weighted by Crippen LogP contribution is 2.31. The molecule has 0 saturated heterocycles. The zero-order valence-corrected chi connectivity index (χ0v) is 16.2. The van der Waals surface area contributed by atoms with Crippen LogP contribution in [-0.4, -0.2) is 31.5 Å². The van der Waals surface area contributed by atoms with Crippen molar-refractivity contribution in [3.8, 4) is 5.75 Å². The first-order valence-electron chi connectivity index (χ1n) is 8.77. The van der Waals surface area contributed by atoms with Crippen LogP contribution in [0.1, 0.15) is 18.4 Å². The topological polar surface area (TPSA) is 58.6 Å². The summed E-state index contributed by atoms with van der Waals surface area (Å²) in [5.41, 5.74) is 1.71. The van der Waals surface area contributed by atoms with Crippen LogP contribution in [0.25, 0.3) is 0 Å². The van der Waals surface area contributed by atoms with Crippen LogP contribution in [0.3, 0.4) is 0 Å². The summed E-state index contributed by atoms with van der Waals surface area (Å²) in [5, 5.41) is 3.97. The standard InChI is InChI=1S/C20H20Cl2N2O3/c21-15-11-14(12-16(22)13-15)7-8-23-19(25)5-6-20(26)24-9-10-27-18-4-2-1-3-17(18)24/h1-4,11-13H,5-10H2,(H,23,25). The van der Waals surface area contributed by atoms with E-state index in [2.05, 4.69) is 5.32 Å². The summed E-state index contributed by atoms with van der Waals surface area (Å²) < 4.78 is 5.55. The molecule has 0 radical (unpaired) electrons. The first-order chi connectivity index (χ1) is 13.0. The number of carbonyl (C=O) groups is 2. The summed E-state index contributed by atoms with van der Waals surface area (Å²) in [5.74, 6) is 0.460. The molecule has 5 nitrogen and oxygen atoms in total. The van der Waals surface area contributed by atoms with Crippen LogP contribution in [0, 0.1) is 0 Å². The number of anilines is 1. The van der Waals surface area contributed by atoms with Gasteiger partial charge in [-0.05, 0) is 42.3 Å². The van der Waals surface area contributed by atoms with E-state index in [-0.39, 0.29) is 24.7 Å². The number of halogens is 2. The second-order valence-electron chi connectivity index (χ2n) is 6.24. The molecule has 1 N–H and O–H groups in total. The first kappa shape index (κ1) is 19.5. The van der Waals surface area contributed by atoms with Crippen LogP contribution in [-0.2, 0) is 16.0 Å². The fraction of sp³-hybridized carbons (Fsp3) is 0.300. The van der Waals surface area contributed by atoms with Gasteiger partial charge < -0.3 is 15.0 Å². The van der Waals surface area contributed by atoms with E-state index < -0.39 is 0 Å². The van der Waals surface area contributed by atoms with Crippen molar-refractivity contribution in [2.75, 3.05) is 24.6 Å². The first-order valence-corrected chi connectivity index (χ1v) is 9.52. The van der Waals surface area contributed by atoms with Crippen LogP contribution < -0.4 is 15.0 Å². The van der Waals surface area contributed by atoms with Crippen LogP contribution in [0.2, 0.25) is 10.0 Å². The van der Waals surface area contributed by atoms with Crippen molar-refractivity contribution < 1.29 is 14.3 Å². The number of hydrogen-bond donors (Lipinski definition) is 1. The van der Waals surface area contributed by atoms with Crippen molar-refractivity contribution in [2.24, 2.45) is 0 Å². The SMILES string of the molecule is O=C(CCC(=O)N1CCOc2ccccc21)NCCc1cc(Cl)cc(Cl)c1. The molecule has 0 spiro atoms. The molecule has 0 saturated carbocycles. The minimum atomic E-state index is -0.155. The molecule has 1 aliphatic rings. The molecule has 142 valence electrons. The molecule has 0 fully saturated rings. The van der Waals surface area contributed by atoms with Gasteiger partial charge >= 0.3 is 0 Å². The molecule has 1 aliphatic heterocycles. The average Bonchev–Trinajstić information content (AvgIpc) is 2.65. The lowest BCUT2D eigenvalue weighted by atomic mass is 10.1. The van der Waals surface area contributed by atoms with Crippen LogP contribution in [0.15, 0.2) is 42.5 Å². The second kappa shape index (κ2) is 9.11. The van der Waals surface area contributed by atoms with Gasteiger partial charge in [0.25, 0.3) is 0 Å². The van der Waals surface area contributed by atoms with E-state index in [1.54, 1.807) is 11.0 Å².